The van der Waals surface area contributed by atoms with Crippen molar-refractivity contribution < 1.29 is 28.5 Å². The molecule has 0 atom stereocenters. The van der Waals surface area contributed by atoms with Crippen molar-refractivity contribution in [1.82, 2.24) is 10.9 Å². The summed E-state index contributed by atoms with van der Waals surface area (Å²) in [5.74, 6) is 9.28. The second kappa shape index (κ2) is 7.11. The van der Waals surface area contributed by atoms with Gasteiger partial charge in [-0.1, -0.05) is 0 Å². The van der Waals surface area contributed by atoms with E-state index in [0.29, 0.717) is 26.4 Å². The standard InChI is InChI=1S/C11H20N4O6/c12-14-7(16)1-9-18-3-11(4-19-9)5-20-10(21-6-11)2-8(17)15-13/h9-10H,1-6,12-13H2,(H,14,16)(H,15,17). The molecule has 2 fully saturated rings. The Bertz CT molecular complexity index is 337. The molecule has 2 heterocycles. The van der Waals surface area contributed by atoms with Gasteiger partial charge in [0.15, 0.2) is 12.6 Å². The molecular formula is C11H20N4O6. The lowest BCUT2D eigenvalue weighted by molar-refractivity contribution is -0.301. The molecule has 0 aromatic heterocycles. The van der Waals surface area contributed by atoms with Crippen LogP contribution in [0.3, 0.4) is 0 Å². The zero-order valence-corrected chi connectivity index (χ0v) is 11.5. The van der Waals surface area contributed by atoms with Gasteiger partial charge in [0.2, 0.25) is 11.8 Å². The molecule has 6 N–H and O–H groups in total. The predicted octanol–water partition coefficient (Wildman–Crippen LogP) is -2.52. The van der Waals surface area contributed by atoms with Gasteiger partial charge < -0.3 is 18.9 Å². The van der Waals surface area contributed by atoms with E-state index in [1.54, 1.807) is 0 Å². The summed E-state index contributed by atoms with van der Waals surface area (Å²) in [7, 11) is 0. The topological polar surface area (TPSA) is 147 Å². The Morgan fingerprint density at radius 2 is 1.19 bits per heavy atom. The van der Waals surface area contributed by atoms with Gasteiger partial charge in [0.1, 0.15) is 0 Å². The van der Waals surface area contributed by atoms with Gasteiger partial charge in [0, 0.05) is 0 Å². The molecule has 2 rings (SSSR count). The fraction of sp³-hybridized carbons (Fsp3) is 0.818. The van der Waals surface area contributed by atoms with Crippen LogP contribution in [-0.4, -0.2) is 50.8 Å². The molecule has 0 bridgehead atoms. The highest BCUT2D eigenvalue weighted by Crippen LogP contribution is 2.31. The minimum Gasteiger partial charge on any atom is -0.351 e. The summed E-state index contributed by atoms with van der Waals surface area (Å²) >= 11 is 0. The normalized spacial score (nSPS) is 32.7. The molecule has 2 aliphatic heterocycles. The molecule has 2 aliphatic rings. The minimum absolute atomic E-state index is 0.0353. The van der Waals surface area contributed by atoms with Crippen molar-refractivity contribution in [2.75, 3.05) is 26.4 Å². The highest BCUT2D eigenvalue weighted by Gasteiger charge is 2.42. The quantitative estimate of drug-likeness (QED) is 0.253. The lowest BCUT2D eigenvalue weighted by Gasteiger charge is -2.43. The molecule has 21 heavy (non-hydrogen) atoms. The predicted molar refractivity (Wildman–Crippen MR) is 67.7 cm³/mol. The van der Waals surface area contributed by atoms with Crippen LogP contribution in [0.4, 0.5) is 0 Å². The molecular weight excluding hydrogens is 284 g/mol. The van der Waals surface area contributed by atoms with Gasteiger partial charge in [0.25, 0.3) is 0 Å². The number of nitrogens with one attached hydrogen (secondary N) is 2. The van der Waals surface area contributed by atoms with Crippen LogP contribution in [0.2, 0.25) is 0 Å². The summed E-state index contributed by atoms with van der Waals surface area (Å²) in [6.07, 6.45) is -1.18. The Kier molecular flexibility index (Phi) is 5.45. The van der Waals surface area contributed by atoms with Gasteiger partial charge in [-0.25, -0.2) is 11.7 Å². The second-order valence-electron chi connectivity index (χ2n) is 5.15. The van der Waals surface area contributed by atoms with E-state index in [1.165, 1.54) is 0 Å². The molecule has 0 radical (unpaired) electrons. The van der Waals surface area contributed by atoms with Crippen LogP contribution in [0.25, 0.3) is 0 Å². The van der Waals surface area contributed by atoms with Crippen molar-refractivity contribution in [3.8, 4) is 0 Å². The number of amides is 2. The maximum absolute atomic E-state index is 11.1. The number of hydrogen-bond acceptors (Lipinski definition) is 8. The number of hydrazine groups is 2. The van der Waals surface area contributed by atoms with Crippen LogP contribution < -0.4 is 22.5 Å². The maximum Gasteiger partial charge on any atom is 0.238 e. The Morgan fingerprint density at radius 1 is 0.857 bits per heavy atom. The number of hydrogen-bond donors (Lipinski definition) is 4. The first-order chi connectivity index (χ1) is 10.1. The zero-order valence-electron chi connectivity index (χ0n) is 11.5. The molecule has 120 valence electrons. The monoisotopic (exact) mass is 304 g/mol. The van der Waals surface area contributed by atoms with Crippen molar-refractivity contribution in [2.24, 2.45) is 17.1 Å². The van der Waals surface area contributed by atoms with E-state index < -0.39 is 18.0 Å². The van der Waals surface area contributed by atoms with Crippen LogP contribution in [0.1, 0.15) is 12.8 Å². The van der Waals surface area contributed by atoms with Crippen LogP contribution in [0.5, 0.6) is 0 Å². The van der Waals surface area contributed by atoms with Gasteiger partial charge in [0.05, 0.1) is 44.7 Å². The maximum atomic E-state index is 11.1. The zero-order chi connectivity index (χ0) is 15.3. The first kappa shape index (κ1) is 16.1. The molecule has 0 aliphatic carbocycles. The van der Waals surface area contributed by atoms with E-state index in [-0.39, 0.29) is 24.7 Å². The second-order valence-corrected chi connectivity index (χ2v) is 5.15. The molecule has 0 saturated carbocycles. The van der Waals surface area contributed by atoms with Gasteiger partial charge in [-0.15, -0.1) is 0 Å². The molecule has 10 heteroatoms. The van der Waals surface area contributed by atoms with Gasteiger partial charge in [-0.2, -0.15) is 0 Å². The smallest absolute Gasteiger partial charge is 0.238 e. The lowest BCUT2D eigenvalue weighted by Crippen LogP contribution is -2.53. The van der Waals surface area contributed by atoms with Crippen molar-refractivity contribution in [3.63, 3.8) is 0 Å². The number of rotatable bonds is 4. The number of carbonyl (C=O) groups is 2. The molecule has 1 spiro atoms. The van der Waals surface area contributed by atoms with E-state index in [4.69, 9.17) is 30.6 Å². The van der Waals surface area contributed by atoms with E-state index in [2.05, 4.69) is 0 Å². The molecule has 2 amide bonds. The third-order valence-electron chi connectivity index (χ3n) is 3.33. The van der Waals surface area contributed by atoms with Crippen molar-refractivity contribution in [1.29, 1.82) is 0 Å². The van der Waals surface area contributed by atoms with E-state index in [0.717, 1.165) is 0 Å². The summed E-state index contributed by atoms with van der Waals surface area (Å²) in [5, 5.41) is 0. The number of carbonyl (C=O) groups excluding carboxylic acids is 2. The Hall–Kier alpha value is -1.30. The first-order valence-corrected chi connectivity index (χ1v) is 6.52. The van der Waals surface area contributed by atoms with Gasteiger partial charge in [-0.3, -0.25) is 20.4 Å². The fourth-order valence-electron chi connectivity index (χ4n) is 2.08. The van der Waals surface area contributed by atoms with Crippen LogP contribution in [-0.2, 0) is 28.5 Å². The Balaban J connectivity index is 1.75. The van der Waals surface area contributed by atoms with E-state index in [9.17, 15) is 9.59 Å². The first-order valence-electron chi connectivity index (χ1n) is 6.52. The lowest BCUT2D eigenvalue weighted by atomic mass is 9.90. The van der Waals surface area contributed by atoms with E-state index >= 15 is 0 Å². The van der Waals surface area contributed by atoms with Crippen LogP contribution >= 0.6 is 0 Å². The molecule has 0 aromatic rings. The van der Waals surface area contributed by atoms with Crippen molar-refractivity contribution in [2.45, 2.75) is 25.4 Å². The van der Waals surface area contributed by atoms with Crippen LogP contribution in [0, 0.1) is 5.41 Å². The highest BCUT2D eigenvalue weighted by atomic mass is 16.7. The third kappa shape index (κ3) is 4.33. The molecule has 2 saturated heterocycles. The summed E-state index contributed by atoms with van der Waals surface area (Å²) < 4.78 is 21.9. The SMILES string of the molecule is NNC(=O)CC1OCC2(CO1)COC(CC(=O)NN)OC2. The largest absolute Gasteiger partial charge is 0.351 e. The third-order valence-corrected chi connectivity index (χ3v) is 3.33. The molecule has 0 aromatic carbocycles. The van der Waals surface area contributed by atoms with E-state index in [1.807, 2.05) is 10.9 Å². The van der Waals surface area contributed by atoms with Crippen LogP contribution in [0.15, 0.2) is 0 Å². The molecule has 10 nitrogen and oxygen atoms in total. The number of nitrogens with two attached hydrogens (primary N) is 2. The average Bonchev–Trinajstić information content (AvgIpc) is 2.52. The van der Waals surface area contributed by atoms with Gasteiger partial charge >= 0.3 is 0 Å². The molecule has 0 unspecified atom stereocenters. The summed E-state index contributed by atoms with van der Waals surface area (Å²) in [5.41, 5.74) is 3.61. The highest BCUT2D eigenvalue weighted by molar-refractivity contribution is 5.75. The Morgan fingerprint density at radius 3 is 1.48 bits per heavy atom. The summed E-state index contributed by atoms with van der Waals surface area (Å²) in [4.78, 5) is 22.3. The average molecular weight is 304 g/mol. The summed E-state index contributed by atoms with van der Waals surface area (Å²) in [6.45, 7) is 1.35. The van der Waals surface area contributed by atoms with Crippen molar-refractivity contribution >= 4 is 11.8 Å². The minimum atomic E-state index is -0.625. The summed E-state index contributed by atoms with van der Waals surface area (Å²) in [6, 6.07) is 0. The fourth-order valence-corrected chi connectivity index (χ4v) is 2.08. The Labute approximate surface area is 121 Å². The van der Waals surface area contributed by atoms with Crippen molar-refractivity contribution in [3.05, 3.63) is 0 Å². The number of ether oxygens (including phenoxy) is 4. The van der Waals surface area contributed by atoms with Gasteiger partial charge in [-0.05, 0) is 0 Å².